The van der Waals surface area contributed by atoms with E-state index in [1.54, 1.807) is 24.3 Å². The number of β-amino-alcohol motifs (C(OH)–C–C–N with tert-alkyl or cyclic N) is 1. The van der Waals surface area contributed by atoms with Crippen molar-refractivity contribution in [1.29, 1.82) is 0 Å². The van der Waals surface area contributed by atoms with Gasteiger partial charge in [0, 0.05) is 12.1 Å². The summed E-state index contributed by atoms with van der Waals surface area (Å²) in [6.07, 6.45) is 0. The van der Waals surface area contributed by atoms with Crippen molar-refractivity contribution >= 4 is 17.4 Å². The number of aliphatic hydroxyl groups excluding tert-OH is 2. The van der Waals surface area contributed by atoms with Gasteiger partial charge in [-0.15, -0.1) is 0 Å². The van der Waals surface area contributed by atoms with E-state index in [2.05, 4.69) is 0 Å². The molecule has 1 atom stereocenters. The molecule has 0 saturated carbocycles. The highest BCUT2D eigenvalue weighted by Gasteiger charge is 2.45. The maximum Gasteiger partial charge on any atom is 0.295 e. The van der Waals surface area contributed by atoms with E-state index in [1.165, 1.54) is 37.3 Å². The molecule has 1 heterocycles. The molecule has 1 amide bonds. The van der Waals surface area contributed by atoms with E-state index in [9.17, 15) is 24.9 Å². The Morgan fingerprint density at radius 1 is 1.03 bits per heavy atom. The summed E-state index contributed by atoms with van der Waals surface area (Å²) in [5, 5.41) is 29.8. The second-order valence-electron chi connectivity index (χ2n) is 6.38. The van der Waals surface area contributed by atoms with E-state index in [0.717, 1.165) is 0 Å². The molecule has 2 aromatic carbocycles. The van der Waals surface area contributed by atoms with Gasteiger partial charge < -0.3 is 29.7 Å². The van der Waals surface area contributed by atoms with Crippen molar-refractivity contribution in [3.05, 3.63) is 59.2 Å². The first-order valence-electron chi connectivity index (χ1n) is 8.83. The Hall–Kier alpha value is -3.52. The number of phenols is 1. The average Bonchev–Trinajstić information content (AvgIpc) is 2.98. The van der Waals surface area contributed by atoms with Crippen LogP contribution in [-0.2, 0) is 9.59 Å². The molecular weight excluding hydrogens is 378 g/mol. The first kappa shape index (κ1) is 20.2. The van der Waals surface area contributed by atoms with Crippen LogP contribution in [0.15, 0.2) is 48.0 Å². The zero-order valence-electron chi connectivity index (χ0n) is 16.0. The third-order valence-electron chi connectivity index (χ3n) is 4.75. The Balaban J connectivity index is 2.18. The fourth-order valence-electron chi connectivity index (χ4n) is 3.36. The van der Waals surface area contributed by atoms with Gasteiger partial charge in [-0.3, -0.25) is 9.59 Å². The summed E-state index contributed by atoms with van der Waals surface area (Å²) in [7, 11) is 2.92. The van der Waals surface area contributed by atoms with Crippen LogP contribution in [0.1, 0.15) is 17.2 Å². The fourth-order valence-corrected chi connectivity index (χ4v) is 3.36. The lowest BCUT2D eigenvalue weighted by Crippen LogP contribution is -2.32. The molecule has 8 nitrogen and oxygen atoms in total. The molecule has 1 aliphatic rings. The summed E-state index contributed by atoms with van der Waals surface area (Å²) in [4.78, 5) is 26.5. The summed E-state index contributed by atoms with van der Waals surface area (Å²) in [6, 6.07) is 9.67. The summed E-state index contributed by atoms with van der Waals surface area (Å²) < 4.78 is 10.4. The number of ketones is 1. The van der Waals surface area contributed by atoms with E-state index in [1.807, 2.05) is 0 Å². The molecule has 0 aromatic heterocycles. The fraction of sp³-hybridized carbons (Fsp3) is 0.238. The standard InChI is InChI=1S/C21H21NO7/c1-28-15-8-5-13(11-16(15)29-2)19(25)17-18(12-3-6-14(24)7-4-12)22(9-10-23)21(27)20(17)26/h3-8,11,18,23-25H,9-10H2,1-2H3/b19-17-. The maximum absolute atomic E-state index is 12.7. The molecule has 2 aromatic rings. The Labute approximate surface area is 167 Å². The average molecular weight is 399 g/mol. The van der Waals surface area contributed by atoms with Crippen LogP contribution in [0.3, 0.4) is 0 Å². The molecule has 0 bridgehead atoms. The minimum Gasteiger partial charge on any atom is -0.508 e. The topological polar surface area (TPSA) is 117 Å². The number of Topliss-reactive ketones (excluding diaryl/α,β-unsaturated/α-hetero) is 1. The van der Waals surface area contributed by atoms with Gasteiger partial charge in [0.1, 0.15) is 11.5 Å². The highest BCUT2D eigenvalue weighted by molar-refractivity contribution is 6.46. The van der Waals surface area contributed by atoms with Crippen molar-refractivity contribution in [3.63, 3.8) is 0 Å². The predicted molar refractivity (Wildman–Crippen MR) is 104 cm³/mol. The SMILES string of the molecule is COc1ccc(/C(O)=C2/C(=O)C(=O)N(CCO)C2c2ccc(O)cc2)cc1OC. The number of amides is 1. The molecule has 0 spiro atoms. The van der Waals surface area contributed by atoms with Gasteiger partial charge in [0.25, 0.3) is 11.7 Å². The van der Waals surface area contributed by atoms with Gasteiger partial charge in [-0.1, -0.05) is 12.1 Å². The molecule has 1 fully saturated rings. The predicted octanol–water partition coefficient (Wildman–Crippen LogP) is 1.82. The number of nitrogens with zero attached hydrogens (tertiary/aromatic N) is 1. The summed E-state index contributed by atoms with van der Waals surface area (Å²) in [5.74, 6) is -1.24. The molecule has 1 unspecified atom stereocenters. The first-order chi connectivity index (χ1) is 13.9. The largest absolute Gasteiger partial charge is 0.508 e. The van der Waals surface area contributed by atoms with E-state index in [0.29, 0.717) is 17.1 Å². The van der Waals surface area contributed by atoms with Gasteiger partial charge in [-0.25, -0.2) is 0 Å². The molecule has 0 radical (unpaired) electrons. The lowest BCUT2D eigenvalue weighted by molar-refractivity contribution is -0.140. The molecule has 0 aliphatic carbocycles. The zero-order valence-corrected chi connectivity index (χ0v) is 16.0. The molecular formula is C21H21NO7. The van der Waals surface area contributed by atoms with E-state index in [-0.39, 0.29) is 35.8 Å². The summed E-state index contributed by atoms with van der Waals surface area (Å²) in [5.41, 5.74) is 0.673. The zero-order chi connectivity index (χ0) is 21.1. The molecule has 8 heteroatoms. The number of ether oxygens (including phenoxy) is 2. The van der Waals surface area contributed by atoms with E-state index >= 15 is 0 Å². The van der Waals surface area contributed by atoms with Gasteiger partial charge in [0.2, 0.25) is 0 Å². The lowest BCUT2D eigenvalue weighted by atomic mass is 9.95. The lowest BCUT2D eigenvalue weighted by Gasteiger charge is -2.24. The van der Waals surface area contributed by atoms with Crippen LogP contribution in [0.5, 0.6) is 17.2 Å². The molecule has 1 aliphatic heterocycles. The number of benzene rings is 2. The molecule has 29 heavy (non-hydrogen) atoms. The van der Waals surface area contributed by atoms with Gasteiger partial charge in [0.05, 0.1) is 32.4 Å². The number of rotatable bonds is 6. The van der Waals surface area contributed by atoms with Crippen molar-refractivity contribution < 1.29 is 34.4 Å². The molecule has 152 valence electrons. The number of methoxy groups -OCH3 is 2. The first-order valence-corrected chi connectivity index (χ1v) is 8.83. The number of likely N-dealkylation sites (tertiary alicyclic amines) is 1. The van der Waals surface area contributed by atoms with Crippen LogP contribution in [0.4, 0.5) is 0 Å². The number of phenolic OH excluding ortho intramolecular Hbond substituents is 1. The van der Waals surface area contributed by atoms with Crippen LogP contribution >= 0.6 is 0 Å². The number of carbonyl (C=O) groups excluding carboxylic acids is 2. The second kappa shape index (κ2) is 8.24. The van der Waals surface area contributed by atoms with Crippen molar-refractivity contribution in [3.8, 4) is 17.2 Å². The number of hydrogen-bond acceptors (Lipinski definition) is 7. The molecule has 3 N–H and O–H groups in total. The third kappa shape index (κ3) is 3.62. The van der Waals surface area contributed by atoms with Gasteiger partial charge in [0.15, 0.2) is 11.5 Å². The van der Waals surface area contributed by atoms with Gasteiger partial charge >= 0.3 is 0 Å². The van der Waals surface area contributed by atoms with Crippen molar-refractivity contribution in [2.45, 2.75) is 6.04 Å². The second-order valence-corrected chi connectivity index (χ2v) is 6.38. The number of carbonyl (C=O) groups is 2. The smallest absolute Gasteiger partial charge is 0.295 e. The molecule has 3 rings (SSSR count). The number of aromatic hydroxyl groups is 1. The normalized spacial score (nSPS) is 18.2. The summed E-state index contributed by atoms with van der Waals surface area (Å²) >= 11 is 0. The van der Waals surface area contributed by atoms with Crippen molar-refractivity contribution in [1.82, 2.24) is 4.90 Å². The molecule has 1 saturated heterocycles. The highest BCUT2D eigenvalue weighted by Crippen LogP contribution is 2.40. The Kier molecular flexibility index (Phi) is 5.74. The maximum atomic E-state index is 12.7. The number of aliphatic hydroxyl groups is 2. The van der Waals surface area contributed by atoms with E-state index < -0.39 is 17.7 Å². The monoisotopic (exact) mass is 399 g/mol. The van der Waals surface area contributed by atoms with Crippen LogP contribution in [0, 0.1) is 0 Å². The summed E-state index contributed by atoms with van der Waals surface area (Å²) in [6.45, 7) is -0.434. The minimum atomic E-state index is -0.907. The Bertz CT molecular complexity index is 965. The third-order valence-corrected chi connectivity index (χ3v) is 4.75. The highest BCUT2D eigenvalue weighted by atomic mass is 16.5. The van der Waals surface area contributed by atoms with Gasteiger partial charge in [-0.2, -0.15) is 0 Å². The quantitative estimate of drug-likeness (QED) is 0.385. The van der Waals surface area contributed by atoms with E-state index in [4.69, 9.17) is 9.47 Å². The Morgan fingerprint density at radius 2 is 1.69 bits per heavy atom. The van der Waals surface area contributed by atoms with Crippen LogP contribution in [0.25, 0.3) is 5.76 Å². The van der Waals surface area contributed by atoms with Crippen LogP contribution in [-0.4, -0.2) is 59.3 Å². The minimum absolute atomic E-state index is 0.0211. The van der Waals surface area contributed by atoms with Crippen LogP contribution < -0.4 is 9.47 Å². The Morgan fingerprint density at radius 3 is 2.28 bits per heavy atom. The van der Waals surface area contributed by atoms with Crippen molar-refractivity contribution in [2.24, 2.45) is 0 Å². The van der Waals surface area contributed by atoms with Gasteiger partial charge in [-0.05, 0) is 35.9 Å². The van der Waals surface area contributed by atoms with Crippen LogP contribution in [0.2, 0.25) is 0 Å². The number of hydrogen-bond donors (Lipinski definition) is 3. The van der Waals surface area contributed by atoms with Crippen molar-refractivity contribution in [2.75, 3.05) is 27.4 Å².